The van der Waals surface area contributed by atoms with E-state index < -0.39 is 0 Å². The van der Waals surface area contributed by atoms with Gasteiger partial charge >= 0.3 is 0 Å². The lowest BCUT2D eigenvalue weighted by Crippen LogP contribution is -2.07. The van der Waals surface area contributed by atoms with Crippen LogP contribution in [0.2, 0.25) is 0 Å². The average molecular weight is 282 g/mol. The molecule has 3 rings (SSSR count). The van der Waals surface area contributed by atoms with Crippen LogP contribution in [0.4, 0.5) is 11.8 Å². The third kappa shape index (κ3) is 3.75. The standard InChI is InChI=1S/C14H14N6O/c1-3-11(7-15-5-1)8-16-13-10-18-20-14(19-13)17-9-12-4-2-6-21-12/h1-7,10H,8-9H2,(H2,16,17,19,20). The first kappa shape index (κ1) is 13.0. The molecule has 2 N–H and O–H groups in total. The zero-order valence-electron chi connectivity index (χ0n) is 11.2. The van der Waals surface area contributed by atoms with E-state index in [1.54, 1.807) is 24.9 Å². The second-order valence-electron chi connectivity index (χ2n) is 4.31. The molecule has 0 aromatic carbocycles. The number of furan rings is 1. The van der Waals surface area contributed by atoms with Crippen molar-refractivity contribution in [2.24, 2.45) is 0 Å². The highest BCUT2D eigenvalue weighted by molar-refractivity contribution is 5.37. The van der Waals surface area contributed by atoms with E-state index in [9.17, 15) is 0 Å². The van der Waals surface area contributed by atoms with Gasteiger partial charge in [-0.25, -0.2) is 0 Å². The molecule has 0 amide bonds. The monoisotopic (exact) mass is 282 g/mol. The first-order valence-electron chi connectivity index (χ1n) is 6.49. The fraction of sp³-hybridized carbons (Fsp3) is 0.143. The molecule has 0 radical (unpaired) electrons. The van der Waals surface area contributed by atoms with Crippen molar-refractivity contribution in [2.75, 3.05) is 10.6 Å². The minimum Gasteiger partial charge on any atom is -0.467 e. The van der Waals surface area contributed by atoms with Crippen LogP contribution in [0.1, 0.15) is 11.3 Å². The summed E-state index contributed by atoms with van der Waals surface area (Å²) in [7, 11) is 0. The number of hydrogen-bond donors (Lipinski definition) is 2. The van der Waals surface area contributed by atoms with Crippen LogP contribution in [0.15, 0.2) is 53.5 Å². The predicted octanol–water partition coefficient (Wildman–Crippen LogP) is 2.08. The summed E-state index contributed by atoms with van der Waals surface area (Å²) in [6.45, 7) is 1.14. The summed E-state index contributed by atoms with van der Waals surface area (Å²) < 4.78 is 5.23. The second-order valence-corrected chi connectivity index (χ2v) is 4.31. The molecule has 0 aliphatic carbocycles. The van der Waals surface area contributed by atoms with Crippen LogP contribution in [0.3, 0.4) is 0 Å². The molecule has 0 saturated carbocycles. The van der Waals surface area contributed by atoms with Gasteiger partial charge in [-0.05, 0) is 23.8 Å². The fourth-order valence-corrected chi connectivity index (χ4v) is 1.74. The number of pyridine rings is 1. The van der Waals surface area contributed by atoms with E-state index in [0.29, 0.717) is 24.9 Å². The SMILES string of the molecule is c1cncc(CNc2cnnc(NCc3ccco3)n2)c1. The molecule has 0 aliphatic rings. The van der Waals surface area contributed by atoms with Crippen molar-refractivity contribution in [2.45, 2.75) is 13.1 Å². The smallest absolute Gasteiger partial charge is 0.245 e. The quantitative estimate of drug-likeness (QED) is 0.715. The Hall–Kier alpha value is -2.96. The summed E-state index contributed by atoms with van der Waals surface area (Å²) in [4.78, 5) is 8.39. The van der Waals surface area contributed by atoms with Crippen LogP contribution in [0.25, 0.3) is 0 Å². The maximum Gasteiger partial charge on any atom is 0.245 e. The maximum atomic E-state index is 5.23. The lowest BCUT2D eigenvalue weighted by molar-refractivity contribution is 0.517. The van der Waals surface area contributed by atoms with E-state index in [1.807, 2.05) is 24.3 Å². The first-order chi connectivity index (χ1) is 10.4. The summed E-state index contributed by atoms with van der Waals surface area (Å²) in [6.07, 6.45) is 6.75. The van der Waals surface area contributed by atoms with Gasteiger partial charge in [-0.2, -0.15) is 10.1 Å². The Bertz CT molecular complexity index is 671. The van der Waals surface area contributed by atoms with Gasteiger partial charge in [0, 0.05) is 18.9 Å². The molecule has 0 bridgehead atoms. The Labute approximate surface area is 121 Å². The van der Waals surface area contributed by atoms with E-state index in [1.165, 1.54) is 0 Å². The lowest BCUT2D eigenvalue weighted by atomic mass is 10.3. The van der Waals surface area contributed by atoms with Gasteiger partial charge in [-0.1, -0.05) is 6.07 Å². The minimum absolute atomic E-state index is 0.447. The highest BCUT2D eigenvalue weighted by Gasteiger charge is 2.02. The molecule has 7 nitrogen and oxygen atoms in total. The maximum absolute atomic E-state index is 5.23. The molecular formula is C14H14N6O. The van der Waals surface area contributed by atoms with E-state index in [2.05, 4.69) is 30.8 Å². The van der Waals surface area contributed by atoms with Crippen LogP contribution in [0.5, 0.6) is 0 Å². The van der Waals surface area contributed by atoms with Crippen LogP contribution < -0.4 is 10.6 Å². The van der Waals surface area contributed by atoms with Gasteiger partial charge in [0.2, 0.25) is 5.95 Å². The highest BCUT2D eigenvalue weighted by atomic mass is 16.3. The lowest BCUT2D eigenvalue weighted by Gasteiger charge is -2.06. The number of nitrogens with one attached hydrogen (secondary N) is 2. The van der Waals surface area contributed by atoms with Crippen molar-refractivity contribution >= 4 is 11.8 Å². The molecular weight excluding hydrogens is 268 g/mol. The van der Waals surface area contributed by atoms with Crippen molar-refractivity contribution in [3.8, 4) is 0 Å². The van der Waals surface area contributed by atoms with Crippen molar-refractivity contribution in [1.29, 1.82) is 0 Å². The van der Waals surface area contributed by atoms with Gasteiger partial charge in [0.05, 0.1) is 19.0 Å². The zero-order chi connectivity index (χ0) is 14.3. The second kappa shape index (κ2) is 6.47. The van der Waals surface area contributed by atoms with E-state index in [0.717, 1.165) is 11.3 Å². The van der Waals surface area contributed by atoms with E-state index in [4.69, 9.17) is 4.42 Å². The Morgan fingerprint density at radius 2 is 2.05 bits per heavy atom. The molecule has 0 fully saturated rings. The summed E-state index contributed by atoms with van der Waals surface area (Å²) in [5.41, 5.74) is 1.07. The molecule has 0 saturated heterocycles. The molecule has 3 aromatic rings. The molecule has 0 aliphatic heterocycles. The molecule has 0 atom stereocenters. The van der Waals surface area contributed by atoms with E-state index >= 15 is 0 Å². The Kier molecular flexibility index (Phi) is 4.02. The molecule has 106 valence electrons. The Balaban J connectivity index is 1.58. The molecule has 3 aromatic heterocycles. The number of nitrogens with zero attached hydrogens (tertiary/aromatic N) is 4. The third-order valence-corrected chi connectivity index (χ3v) is 2.76. The average Bonchev–Trinajstić information content (AvgIpc) is 3.06. The van der Waals surface area contributed by atoms with Gasteiger partial charge in [-0.15, -0.1) is 5.10 Å². The van der Waals surface area contributed by atoms with Crippen LogP contribution in [-0.2, 0) is 13.1 Å². The normalized spacial score (nSPS) is 10.3. The van der Waals surface area contributed by atoms with E-state index in [-0.39, 0.29) is 0 Å². The van der Waals surface area contributed by atoms with Crippen LogP contribution in [-0.4, -0.2) is 20.2 Å². The number of rotatable bonds is 6. The molecule has 21 heavy (non-hydrogen) atoms. The fourth-order valence-electron chi connectivity index (χ4n) is 1.74. The van der Waals surface area contributed by atoms with Crippen LogP contribution >= 0.6 is 0 Å². The summed E-state index contributed by atoms with van der Waals surface area (Å²) in [6, 6.07) is 7.60. The summed E-state index contributed by atoms with van der Waals surface area (Å²) >= 11 is 0. The Morgan fingerprint density at radius 3 is 2.86 bits per heavy atom. The first-order valence-corrected chi connectivity index (χ1v) is 6.49. The summed E-state index contributed by atoms with van der Waals surface area (Å²) in [5.74, 6) is 1.91. The zero-order valence-corrected chi connectivity index (χ0v) is 11.2. The number of anilines is 2. The summed E-state index contributed by atoms with van der Waals surface area (Å²) in [5, 5.41) is 14.1. The Morgan fingerprint density at radius 1 is 1.05 bits per heavy atom. The van der Waals surface area contributed by atoms with Gasteiger partial charge < -0.3 is 15.1 Å². The molecule has 3 heterocycles. The van der Waals surface area contributed by atoms with Gasteiger partial charge in [-0.3, -0.25) is 4.98 Å². The predicted molar refractivity (Wildman–Crippen MR) is 77.4 cm³/mol. The van der Waals surface area contributed by atoms with Gasteiger partial charge in [0.15, 0.2) is 5.82 Å². The van der Waals surface area contributed by atoms with Crippen molar-refractivity contribution in [3.63, 3.8) is 0 Å². The van der Waals surface area contributed by atoms with Crippen molar-refractivity contribution in [3.05, 3.63) is 60.4 Å². The van der Waals surface area contributed by atoms with Crippen molar-refractivity contribution < 1.29 is 4.42 Å². The topological polar surface area (TPSA) is 88.8 Å². The minimum atomic E-state index is 0.447. The van der Waals surface area contributed by atoms with Gasteiger partial charge in [0.1, 0.15) is 5.76 Å². The largest absolute Gasteiger partial charge is 0.467 e. The number of hydrogen-bond acceptors (Lipinski definition) is 7. The third-order valence-electron chi connectivity index (χ3n) is 2.76. The number of aromatic nitrogens is 4. The highest BCUT2D eigenvalue weighted by Crippen LogP contribution is 2.08. The molecule has 7 heteroatoms. The molecule has 0 spiro atoms. The van der Waals surface area contributed by atoms with Crippen LogP contribution in [0, 0.1) is 0 Å². The van der Waals surface area contributed by atoms with Crippen molar-refractivity contribution in [1.82, 2.24) is 20.2 Å². The molecule has 0 unspecified atom stereocenters. The van der Waals surface area contributed by atoms with Gasteiger partial charge in [0.25, 0.3) is 0 Å².